The molecule has 11 heteroatoms. The Bertz CT molecular complexity index is 739. The fourth-order valence-corrected chi connectivity index (χ4v) is 2.38. The second-order valence-electron chi connectivity index (χ2n) is 5.04. The van der Waals surface area contributed by atoms with Gasteiger partial charge in [-0.3, -0.25) is 9.78 Å². The molecule has 114 valence electrons. The number of aliphatic hydroxyl groups excluding tert-OH is 2. The van der Waals surface area contributed by atoms with Crippen LogP contribution in [0.1, 0.15) is 18.9 Å². The number of rotatable bonds is 2. The molecule has 1 aliphatic rings. The Hall–Kier alpha value is -2.08. The fourth-order valence-electron chi connectivity index (χ4n) is 2.38. The second kappa shape index (κ2) is 4.46. The molecule has 6 N–H and O–H groups in total. The van der Waals surface area contributed by atoms with Gasteiger partial charge >= 0.3 is 0 Å². The van der Waals surface area contributed by atoms with Crippen molar-refractivity contribution in [1.82, 2.24) is 24.8 Å². The van der Waals surface area contributed by atoms with E-state index in [1.807, 2.05) is 0 Å². The van der Waals surface area contributed by atoms with Gasteiger partial charge < -0.3 is 25.8 Å². The van der Waals surface area contributed by atoms with Gasteiger partial charge in [-0.15, -0.1) is 15.3 Å². The molecular weight excluding hydrogens is 284 g/mol. The number of nitrogens with two attached hydrogens (primary N) is 1. The number of aliphatic hydroxyl groups is 3. The van der Waals surface area contributed by atoms with Crippen molar-refractivity contribution in [2.24, 2.45) is 0 Å². The van der Waals surface area contributed by atoms with E-state index < -0.39 is 36.1 Å². The van der Waals surface area contributed by atoms with E-state index in [9.17, 15) is 15.0 Å². The van der Waals surface area contributed by atoms with Crippen LogP contribution in [0.2, 0.25) is 0 Å². The SMILES string of the molecule is C[C@@]1(O)[C@H](O)[C@@H](CO)O[C@H]1c1nnc2c(=O)[nH]c(N)nn12. The third-order valence-electron chi connectivity index (χ3n) is 3.52. The molecule has 0 bridgehead atoms. The maximum absolute atomic E-state index is 11.7. The number of nitrogen functional groups attached to an aromatic ring is 1. The Morgan fingerprint density at radius 3 is 2.86 bits per heavy atom. The summed E-state index contributed by atoms with van der Waals surface area (Å²) in [5.74, 6) is -0.159. The molecule has 2 aromatic rings. The van der Waals surface area contributed by atoms with Crippen molar-refractivity contribution < 1.29 is 20.1 Å². The van der Waals surface area contributed by atoms with Crippen LogP contribution in [0.3, 0.4) is 0 Å². The minimum Gasteiger partial charge on any atom is -0.394 e. The normalized spacial score (nSPS) is 32.9. The quantitative estimate of drug-likeness (QED) is 0.386. The average Bonchev–Trinajstić information content (AvgIpc) is 2.91. The highest BCUT2D eigenvalue weighted by molar-refractivity contribution is 5.36. The first-order valence-electron chi connectivity index (χ1n) is 6.14. The Labute approximate surface area is 117 Å². The largest absolute Gasteiger partial charge is 0.394 e. The lowest BCUT2D eigenvalue weighted by Crippen LogP contribution is -2.43. The Morgan fingerprint density at radius 2 is 2.24 bits per heavy atom. The van der Waals surface area contributed by atoms with Crippen molar-refractivity contribution in [3.63, 3.8) is 0 Å². The zero-order valence-electron chi connectivity index (χ0n) is 11.0. The van der Waals surface area contributed by atoms with E-state index in [1.54, 1.807) is 0 Å². The van der Waals surface area contributed by atoms with Crippen molar-refractivity contribution in [3.8, 4) is 0 Å². The number of aromatic amines is 1. The molecule has 0 spiro atoms. The van der Waals surface area contributed by atoms with Gasteiger partial charge in [0, 0.05) is 0 Å². The fraction of sp³-hybridized carbons (Fsp3) is 0.600. The number of hydrogen-bond acceptors (Lipinski definition) is 9. The molecule has 0 aliphatic carbocycles. The molecule has 11 nitrogen and oxygen atoms in total. The summed E-state index contributed by atoms with van der Waals surface area (Å²) in [7, 11) is 0. The molecule has 1 aliphatic heterocycles. The number of nitrogens with one attached hydrogen (secondary N) is 1. The van der Waals surface area contributed by atoms with Gasteiger partial charge in [-0.2, -0.15) is 4.52 Å². The minimum absolute atomic E-state index is 0.00259. The molecule has 0 aromatic carbocycles. The lowest BCUT2D eigenvalue weighted by Gasteiger charge is -2.25. The van der Waals surface area contributed by atoms with Crippen LogP contribution in [-0.4, -0.2) is 64.5 Å². The maximum atomic E-state index is 11.7. The van der Waals surface area contributed by atoms with Gasteiger partial charge in [-0.1, -0.05) is 0 Å². The molecule has 21 heavy (non-hydrogen) atoms. The highest BCUT2D eigenvalue weighted by atomic mass is 16.6. The van der Waals surface area contributed by atoms with Crippen LogP contribution in [0, 0.1) is 0 Å². The highest BCUT2D eigenvalue weighted by Gasteiger charge is 2.54. The summed E-state index contributed by atoms with van der Waals surface area (Å²) in [4.78, 5) is 13.9. The predicted octanol–water partition coefficient (Wildman–Crippen LogP) is -3.06. The summed E-state index contributed by atoms with van der Waals surface area (Å²) < 4.78 is 6.45. The summed E-state index contributed by atoms with van der Waals surface area (Å²) in [6, 6.07) is 0. The summed E-state index contributed by atoms with van der Waals surface area (Å²) >= 11 is 0. The molecule has 1 fully saturated rings. The molecule has 4 atom stereocenters. The first-order chi connectivity index (χ1) is 9.86. The Kier molecular flexibility index (Phi) is 2.95. The van der Waals surface area contributed by atoms with Crippen molar-refractivity contribution in [3.05, 3.63) is 16.2 Å². The van der Waals surface area contributed by atoms with Gasteiger partial charge in [-0.05, 0) is 6.92 Å². The van der Waals surface area contributed by atoms with Crippen LogP contribution >= 0.6 is 0 Å². The van der Waals surface area contributed by atoms with Crippen LogP contribution in [0.5, 0.6) is 0 Å². The number of ether oxygens (including phenoxy) is 1. The van der Waals surface area contributed by atoms with Crippen molar-refractivity contribution in [2.75, 3.05) is 12.3 Å². The van der Waals surface area contributed by atoms with Crippen LogP contribution in [0.25, 0.3) is 5.65 Å². The lowest BCUT2D eigenvalue weighted by atomic mass is 9.92. The first kappa shape index (κ1) is 13.9. The van der Waals surface area contributed by atoms with Gasteiger partial charge in [-0.25, -0.2) is 0 Å². The predicted molar refractivity (Wildman–Crippen MR) is 67.1 cm³/mol. The van der Waals surface area contributed by atoms with Crippen molar-refractivity contribution in [2.45, 2.75) is 30.8 Å². The summed E-state index contributed by atoms with van der Waals surface area (Å²) in [6.07, 6.45) is -3.45. The Balaban J connectivity index is 2.15. The molecule has 0 unspecified atom stereocenters. The number of hydrogen-bond donors (Lipinski definition) is 5. The van der Waals surface area contributed by atoms with Gasteiger partial charge in [0.1, 0.15) is 17.8 Å². The molecule has 1 saturated heterocycles. The summed E-state index contributed by atoms with van der Waals surface area (Å²) in [6.45, 7) is 0.844. The second-order valence-corrected chi connectivity index (χ2v) is 5.04. The van der Waals surface area contributed by atoms with E-state index >= 15 is 0 Å². The van der Waals surface area contributed by atoms with Crippen LogP contribution < -0.4 is 11.3 Å². The smallest absolute Gasteiger partial charge is 0.297 e. The zero-order chi connectivity index (χ0) is 15.4. The van der Waals surface area contributed by atoms with E-state index in [0.717, 1.165) is 4.52 Å². The van der Waals surface area contributed by atoms with E-state index in [1.165, 1.54) is 6.92 Å². The van der Waals surface area contributed by atoms with Crippen molar-refractivity contribution in [1.29, 1.82) is 0 Å². The van der Waals surface area contributed by atoms with Gasteiger partial charge in [0.15, 0.2) is 11.9 Å². The van der Waals surface area contributed by atoms with Crippen molar-refractivity contribution >= 4 is 11.6 Å². The number of anilines is 1. The highest BCUT2D eigenvalue weighted by Crippen LogP contribution is 2.40. The molecule has 3 heterocycles. The zero-order valence-corrected chi connectivity index (χ0v) is 11.0. The molecule has 3 rings (SSSR count). The number of fused-ring (bicyclic) bond motifs is 1. The molecular formula is C10H14N6O5. The number of H-pyrrole nitrogens is 1. The van der Waals surface area contributed by atoms with Gasteiger partial charge in [0.25, 0.3) is 5.56 Å². The summed E-state index contributed by atoms with van der Waals surface area (Å²) in [5, 5.41) is 40.8. The molecule has 0 radical (unpaired) electrons. The summed E-state index contributed by atoms with van der Waals surface area (Å²) in [5.41, 5.74) is 3.00. The van der Waals surface area contributed by atoms with E-state index in [4.69, 9.17) is 15.6 Å². The van der Waals surface area contributed by atoms with Gasteiger partial charge in [0.2, 0.25) is 11.6 Å². The van der Waals surface area contributed by atoms with E-state index in [-0.39, 0.29) is 17.4 Å². The van der Waals surface area contributed by atoms with Crippen LogP contribution in [-0.2, 0) is 4.74 Å². The standard InChI is InChI=1S/C10H14N6O5/c1-10(20)4(18)3(2-17)21-5(10)6-13-14-7-8(19)12-9(11)15-16(6)7/h3-5,17-18,20H,2H2,1H3,(H3,11,12,15,19)/t3-,4-,5+,10-/m1/s1. The van der Waals surface area contributed by atoms with E-state index in [2.05, 4.69) is 20.3 Å². The molecule has 0 amide bonds. The molecule has 0 saturated carbocycles. The van der Waals surface area contributed by atoms with Crippen LogP contribution in [0.4, 0.5) is 5.95 Å². The third kappa shape index (κ3) is 1.90. The number of nitrogens with zero attached hydrogens (tertiary/aromatic N) is 4. The van der Waals surface area contributed by atoms with Gasteiger partial charge in [0.05, 0.1) is 6.61 Å². The van der Waals surface area contributed by atoms with E-state index in [0.29, 0.717) is 0 Å². The average molecular weight is 298 g/mol. The first-order valence-corrected chi connectivity index (χ1v) is 6.14. The molecule has 2 aromatic heterocycles. The topological polar surface area (TPSA) is 172 Å². The van der Waals surface area contributed by atoms with Crippen LogP contribution in [0.15, 0.2) is 4.79 Å². The minimum atomic E-state index is -1.74. The monoisotopic (exact) mass is 298 g/mol. The number of aromatic nitrogens is 5. The maximum Gasteiger partial charge on any atom is 0.297 e. The third-order valence-corrected chi connectivity index (χ3v) is 3.52. The Morgan fingerprint density at radius 1 is 1.52 bits per heavy atom. The lowest BCUT2D eigenvalue weighted by molar-refractivity contribution is -0.0681.